The van der Waals surface area contributed by atoms with Crippen molar-refractivity contribution in [1.29, 1.82) is 0 Å². The first kappa shape index (κ1) is 25.4. The van der Waals surface area contributed by atoms with Gasteiger partial charge in [-0.05, 0) is 36.4 Å². The van der Waals surface area contributed by atoms with E-state index < -0.39 is 24.4 Å². The fourth-order valence-corrected chi connectivity index (χ4v) is 3.14. The highest BCUT2D eigenvalue weighted by Gasteiger charge is 2.17. The highest BCUT2D eigenvalue weighted by Crippen LogP contribution is 2.27. The lowest BCUT2D eigenvalue weighted by Gasteiger charge is -2.12. The molecular formula is C25H23ClN2O7. The molecule has 0 heterocycles. The lowest BCUT2D eigenvalue weighted by Crippen LogP contribution is -2.43. The van der Waals surface area contributed by atoms with Gasteiger partial charge in [0.25, 0.3) is 11.8 Å². The quantitative estimate of drug-likeness (QED) is 0.342. The summed E-state index contributed by atoms with van der Waals surface area (Å²) >= 11 is 6.14. The van der Waals surface area contributed by atoms with Gasteiger partial charge in [0.1, 0.15) is 17.9 Å². The van der Waals surface area contributed by atoms with E-state index in [9.17, 15) is 14.4 Å². The van der Waals surface area contributed by atoms with E-state index in [-0.39, 0.29) is 23.5 Å². The van der Waals surface area contributed by atoms with E-state index in [2.05, 4.69) is 10.9 Å². The molecule has 35 heavy (non-hydrogen) atoms. The van der Waals surface area contributed by atoms with Gasteiger partial charge < -0.3 is 18.9 Å². The van der Waals surface area contributed by atoms with E-state index in [1.165, 1.54) is 32.4 Å². The summed E-state index contributed by atoms with van der Waals surface area (Å²) < 4.78 is 21.1. The molecule has 0 radical (unpaired) electrons. The van der Waals surface area contributed by atoms with E-state index in [1.807, 2.05) is 12.1 Å². The van der Waals surface area contributed by atoms with Gasteiger partial charge >= 0.3 is 5.97 Å². The Balaban J connectivity index is 1.52. The third-order valence-corrected chi connectivity index (χ3v) is 5.11. The molecular weight excluding hydrogens is 476 g/mol. The summed E-state index contributed by atoms with van der Waals surface area (Å²) in [5.41, 5.74) is 5.55. The molecule has 0 aliphatic rings. The predicted molar refractivity (Wildman–Crippen MR) is 128 cm³/mol. The number of nitrogens with one attached hydrogen (secondary N) is 2. The van der Waals surface area contributed by atoms with Crippen LogP contribution in [-0.2, 0) is 16.1 Å². The Labute approximate surface area is 206 Å². The molecule has 0 atom stereocenters. The Bertz CT molecular complexity index is 1220. The zero-order valence-corrected chi connectivity index (χ0v) is 19.8. The van der Waals surface area contributed by atoms with Crippen LogP contribution >= 0.6 is 11.6 Å². The molecule has 182 valence electrons. The average Bonchev–Trinajstić information content (AvgIpc) is 2.89. The summed E-state index contributed by atoms with van der Waals surface area (Å²) in [4.78, 5) is 36.9. The van der Waals surface area contributed by atoms with Crippen LogP contribution in [0.4, 0.5) is 0 Å². The fourth-order valence-electron chi connectivity index (χ4n) is 2.95. The first-order valence-corrected chi connectivity index (χ1v) is 10.7. The van der Waals surface area contributed by atoms with Crippen LogP contribution in [0, 0.1) is 0 Å². The van der Waals surface area contributed by atoms with Gasteiger partial charge in [-0.2, -0.15) is 0 Å². The predicted octanol–water partition coefficient (Wildman–Crippen LogP) is 3.55. The number of hydrogen-bond donors (Lipinski definition) is 2. The molecule has 3 aromatic rings. The average molecular weight is 499 g/mol. The Hall–Kier alpha value is -4.24. The molecule has 3 rings (SSSR count). The van der Waals surface area contributed by atoms with Crippen LogP contribution in [0.5, 0.6) is 17.2 Å². The van der Waals surface area contributed by atoms with Crippen LogP contribution in [0.15, 0.2) is 66.7 Å². The Morgan fingerprint density at radius 3 is 2.29 bits per heavy atom. The SMILES string of the molecule is COc1ccc(C(=O)NNC(=O)COC(=O)c2ccccc2OCc2ccccc2Cl)cc1OC. The molecule has 0 spiro atoms. The number of para-hydroxylation sites is 1. The summed E-state index contributed by atoms with van der Waals surface area (Å²) in [6.07, 6.45) is 0. The summed E-state index contributed by atoms with van der Waals surface area (Å²) in [6.45, 7) is -0.476. The van der Waals surface area contributed by atoms with Crippen LogP contribution in [0.25, 0.3) is 0 Å². The molecule has 0 saturated carbocycles. The highest BCUT2D eigenvalue weighted by molar-refractivity contribution is 6.31. The zero-order valence-electron chi connectivity index (χ0n) is 19.0. The summed E-state index contributed by atoms with van der Waals surface area (Å²) in [7, 11) is 2.91. The van der Waals surface area contributed by atoms with Crippen molar-refractivity contribution in [1.82, 2.24) is 10.9 Å². The summed E-state index contributed by atoms with van der Waals surface area (Å²) in [5.74, 6) is -1.00. The standard InChI is InChI=1S/C25H23ClN2O7/c1-32-21-12-11-16(13-22(21)33-2)24(30)28-27-23(29)15-35-25(31)18-8-4-6-10-20(18)34-14-17-7-3-5-9-19(17)26/h3-13H,14-15H2,1-2H3,(H,27,29)(H,28,30). The van der Waals surface area contributed by atoms with Gasteiger partial charge in [-0.3, -0.25) is 20.4 Å². The maximum absolute atomic E-state index is 12.5. The molecule has 9 nitrogen and oxygen atoms in total. The molecule has 2 N–H and O–H groups in total. The number of ether oxygens (including phenoxy) is 4. The minimum Gasteiger partial charge on any atom is -0.493 e. The van der Waals surface area contributed by atoms with Crippen molar-refractivity contribution < 1.29 is 33.3 Å². The monoisotopic (exact) mass is 498 g/mol. The van der Waals surface area contributed by atoms with Crippen molar-refractivity contribution in [3.63, 3.8) is 0 Å². The smallest absolute Gasteiger partial charge is 0.342 e. The lowest BCUT2D eigenvalue weighted by molar-refractivity contribution is -0.125. The van der Waals surface area contributed by atoms with Crippen LogP contribution in [0.1, 0.15) is 26.3 Å². The number of halogens is 1. The second kappa shape index (κ2) is 12.3. The van der Waals surface area contributed by atoms with Crippen molar-refractivity contribution in [3.05, 3.63) is 88.4 Å². The molecule has 0 unspecified atom stereocenters. The summed E-state index contributed by atoms with van der Waals surface area (Å²) in [6, 6.07) is 18.2. The topological polar surface area (TPSA) is 112 Å². The number of esters is 1. The first-order valence-electron chi connectivity index (χ1n) is 10.4. The van der Waals surface area contributed by atoms with Gasteiger partial charge in [-0.1, -0.05) is 41.9 Å². The number of benzene rings is 3. The Morgan fingerprint density at radius 2 is 1.54 bits per heavy atom. The molecule has 0 bridgehead atoms. The largest absolute Gasteiger partial charge is 0.493 e. The molecule has 0 saturated heterocycles. The maximum atomic E-state index is 12.5. The molecule has 0 aliphatic heterocycles. The minimum atomic E-state index is -0.763. The number of carbonyl (C=O) groups is 3. The Morgan fingerprint density at radius 1 is 0.829 bits per heavy atom. The van der Waals surface area contributed by atoms with Gasteiger partial charge in [0.2, 0.25) is 0 Å². The number of hydrazine groups is 1. The van der Waals surface area contributed by atoms with Crippen molar-refractivity contribution in [2.24, 2.45) is 0 Å². The van der Waals surface area contributed by atoms with Gasteiger partial charge in [0.05, 0.1) is 14.2 Å². The molecule has 2 amide bonds. The van der Waals surface area contributed by atoms with E-state index >= 15 is 0 Å². The van der Waals surface area contributed by atoms with Crippen LogP contribution < -0.4 is 25.1 Å². The van der Waals surface area contributed by atoms with Gasteiger partial charge in [0.15, 0.2) is 18.1 Å². The van der Waals surface area contributed by atoms with E-state index in [4.69, 9.17) is 30.5 Å². The molecule has 10 heteroatoms. The van der Waals surface area contributed by atoms with Crippen LogP contribution in [0.2, 0.25) is 5.02 Å². The maximum Gasteiger partial charge on any atom is 0.342 e. The second-order valence-corrected chi connectivity index (χ2v) is 7.43. The third kappa shape index (κ3) is 6.87. The van der Waals surface area contributed by atoms with Gasteiger partial charge in [-0.25, -0.2) is 4.79 Å². The van der Waals surface area contributed by atoms with Crippen molar-refractivity contribution >= 4 is 29.4 Å². The second-order valence-electron chi connectivity index (χ2n) is 7.02. The van der Waals surface area contributed by atoms with Crippen LogP contribution in [-0.4, -0.2) is 38.6 Å². The molecule has 0 aromatic heterocycles. The van der Waals surface area contributed by atoms with Crippen molar-refractivity contribution in [2.75, 3.05) is 20.8 Å². The zero-order chi connectivity index (χ0) is 25.2. The lowest BCUT2D eigenvalue weighted by atomic mass is 10.2. The molecule has 3 aromatic carbocycles. The number of methoxy groups -OCH3 is 2. The minimum absolute atomic E-state index is 0.140. The fraction of sp³-hybridized carbons (Fsp3) is 0.160. The van der Waals surface area contributed by atoms with E-state index in [1.54, 1.807) is 36.4 Å². The van der Waals surface area contributed by atoms with Crippen molar-refractivity contribution in [2.45, 2.75) is 6.61 Å². The summed E-state index contributed by atoms with van der Waals surface area (Å²) in [5, 5.41) is 0.541. The molecule has 0 fully saturated rings. The third-order valence-electron chi connectivity index (χ3n) is 4.74. The first-order chi connectivity index (χ1) is 16.9. The van der Waals surface area contributed by atoms with Crippen molar-refractivity contribution in [3.8, 4) is 17.2 Å². The van der Waals surface area contributed by atoms with Gasteiger partial charge in [0, 0.05) is 16.1 Å². The Kier molecular flexibility index (Phi) is 8.91. The number of rotatable bonds is 9. The van der Waals surface area contributed by atoms with E-state index in [0.29, 0.717) is 16.5 Å². The number of carbonyl (C=O) groups excluding carboxylic acids is 3. The van der Waals surface area contributed by atoms with Crippen LogP contribution in [0.3, 0.4) is 0 Å². The van der Waals surface area contributed by atoms with Gasteiger partial charge in [-0.15, -0.1) is 0 Å². The normalized spacial score (nSPS) is 10.1. The number of amides is 2. The molecule has 0 aliphatic carbocycles. The number of hydrogen-bond acceptors (Lipinski definition) is 7. The highest BCUT2D eigenvalue weighted by atomic mass is 35.5. The van der Waals surface area contributed by atoms with E-state index in [0.717, 1.165) is 5.56 Å².